The van der Waals surface area contributed by atoms with Gasteiger partial charge < -0.3 is 5.32 Å². The van der Waals surface area contributed by atoms with Crippen LogP contribution in [-0.2, 0) is 0 Å². The number of aromatic nitrogens is 1. The van der Waals surface area contributed by atoms with Crippen LogP contribution < -0.4 is 5.32 Å². The van der Waals surface area contributed by atoms with Gasteiger partial charge in [0.15, 0.2) is 0 Å². The largest absolute Gasteiger partial charge is 0.314 e. The predicted octanol–water partition coefficient (Wildman–Crippen LogP) is 2.71. The Balaban J connectivity index is 2.11. The molecule has 2 unspecified atom stereocenters. The normalized spacial score (nSPS) is 27.5. The quantitative estimate of drug-likeness (QED) is 0.850. The van der Waals surface area contributed by atoms with Gasteiger partial charge in [0.05, 0.1) is 6.20 Å². The fraction of sp³-hybridized carbons (Fsp3) is 0.615. The minimum atomic E-state index is -0.260. The lowest BCUT2D eigenvalue weighted by molar-refractivity contribution is 0.0679. The maximum atomic E-state index is 12.8. The van der Waals surface area contributed by atoms with E-state index in [9.17, 15) is 4.39 Å². The Morgan fingerprint density at radius 1 is 1.50 bits per heavy atom. The number of hydrogen-bond donors (Lipinski definition) is 1. The summed E-state index contributed by atoms with van der Waals surface area (Å²) in [6, 6.07) is 3.86. The smallest absolute Gasteiger partial charge is 0.141 e. The maximum absolute atomic E-state index is 12.8. The van der Waals surface area contributed by atoms with Crippen LogP contribution in [0.25, 0.3) is 0 Å². The van der Waals surface area contributed by atoms with Crippen molar-refractivity contribution in [2.75, 3.05) is 6.54 Å². The van der Waals surface area contributed by atoms with Gasteiger partial charge in [0.25, 0.3) is 0 Å². The van der Waals surface area contributed by atoms with Gasteiger partial charge in [0.2, 0.25) is 0 Å². The molecule has 2 rings (SSSR count). The molecule has 0 saturated heterocycles. The van der Waals surface area contributed by atoms with Crippen LogP contribution in [0, 0.1) is 11.2 Å². The molecule has 0 spiro atoms. The molecule has 3 heteroatoms. The highest BCUT2D eigenvalue weighted by atomic mass is 19.1. The number of hydrogen-bond acceptors (Lipinski definition) is 2. The molecule has 16 heavy (non-hydrogen) atoms. The highest BCUT2D eigenvalue weighted by molar-refractivity contribution is 5.21. The predicted molar refractivity (Wildman–Crippen MR) is 62.8 cm³/mol. The second-order valence-electron chi connectivity index (χ2n) is 5.12. The third-order valence-electron chi connectivity index (χ3n) is 3.83. The van der Waals surface area contributed by atoms with E-state index in [2.05, 4.69) is 31.1 Å². The van der Waals surface area contributed by atoms with E-state index in [0.717, 1.165) is 18.7 Å². The van der Waals surface area contributed by atoms with Gasteiger partial charge in [-0.15, -0.1) is 0 Å². The van der Waals surface area contributed by atoms with Gasteiger partial charge in [-0.05, 0) is 30.5 Å². The molecule has 0 aliphatic heterocycles. The standard InChI is InChI=1S/C13H19FN2/c1-4-15-12-7-10(13(12,2)3)11-6-5-9(14)8-16-11/h5-6,8,10,12,15H,4,7H2,1-3H3. The maximum Gasteiger partial charge on any atom is 0.141 e. The lowest BCUT2D eigenvalue weighted by Crippen LogP contribution is -2.55. The Hall–Kier alpha value is -0.960. The first-order chi connectivity index (χ1) is 7.55. The molecule has 1 fully saturated rings. The summed E-state index contributed by atoms with van der Waals surface area (Å²) in [5.41, 5.74) is 1.22. The summed E-state index contributed by atoms with van der Waals surface area (Å²) in [6.45, 7) is 7.62. The SMILES string of the molecule is CCNC1CC(c2ccc(F)cn2)C1(C)C. The highest BCUT2D eigenvalue weighted by Crippen LogP contribution is 2.51. The second kappa shape index (κ2) is 4.13. The zero-order valence-electron chi connectivity index (χ0n) is 10.1. The Morgan fingerprint density at radius 2 is 2.25 bits per heavy atom. The van der Waals surface area contributed by atoms with Crippen LogP contribution in [0.1, 0.15) is 38.8 Å². The van der Waals surface area contributed by atoms with Gasteiger partial charge in [-0.3, -0.25) is 4.98 Å². The van der Waals surface area contributed by atoms with Gasteiger partial charge in [-0.1, -0.05) is 20.8 Å². The lowest BCUT2D eigenvalue weighted by atomic mass is 9.57. The van der Waals surface area contributed by atoms with Gasteiger partial charge in [-0.2, -0.15) is 0 Å². The number of rotatable bonds is 3. The Bertz CT molecular complexity index is 359. The van der Waals surface area contributed by atoms with E-state index in [0.29, 0.717) is 12.0 Å². The van der Waals surface area contributed by atoms with Crippen LogP contribution in [0.4, 0.5) is 4.39 Å². The van der Waals surface area contributed by atoms with Crippen molar-refractivity contribution in [3.05, 3.63) is 29.8 Å². The number of nitrogens with zero attached hydrogens (tertiary/aromatic N) is 1. The molecule has 1 heterocycles. The van der Waals surface area contributed by atoms with Crippen molar-refractivity contribution >= 4 is 0 Å². The first-order valence-corrected chi connectivity index (χ1v) is 5.90. The van der Waals surface area contributed by atoms with E-state index in [1.54, 1.807) is 0 Å². The summed E-state index contributed by atoms with van der Waals surface area (Å²) in [5, 5.41) is 3.48. The second-order valence-corrected chi connectivity index (χ2v) is 5.12. The summed E-state index contributed by atoms with van der Waals surface area (Å²) >= 11 is 0. The molecule has 1 aliphatic carbocycles. The topological polar surface area (TPSA) is 24.9 Å². The van der Waals surface area contributed by atoms with Gasteiger partial charge >= 0.3 is 0 Å². The van der Waals surface area contributed by atoms with Crippen molar-refractivity contribution in [3.63, 3.8) is 0 Å². The van der Waals surface area contributed by atoms with Crippen LogP contribution in [-0.4, -0.2) is 17.6 Å². The summed E-state index contributed by atoms with van der Waals surface area (Å²) in [4.78, 5) is 4.19. The summed E-state index contributed by atoms with van der Waals surface area (Å²) in [7, 11) is 0. The van der Waals surface area contributed by atoms with E-state index in [1.165, 1.54) is 12.3 Å². The van der Waals surface area contributed by atoms with Crippen molar-refractivity contribution in [2.45, 2.75) is 39.2 Å². The number of halogens is 1. The minimum Gasteiger partial charge on any atom is -0.314 e. The molecule has 1 aromatic rings. The van der Waals surface area contributed by atoms with Crippen molar-refractivity contribution in [2.24, 2.45) is 5.41 Å². The molecule has 88 valence electrons. The molecular weight excluding hydrogens is 203 g/mol. The first-order valence-electron chi connectivity index (χ1n) is 5.90. The Morgan fingerprint density at radius 3 is 2.75 bits per heavy atom. The third-order valence-corrected chi connectivity index (χ3v) is 3.83. The molecule has 0 aromatic carbocycles. The van der Waals surface area contributed by atoms with E-state index in [1.807, 2.05) is 6.07 Å². The molecular formula is C13H19FN2. The van der Waals surface area contributed by atoms with E-state index >= 15 is 0 Å². The number of nitrogens with one attached hydrogen (secondary N) is 1. The summed E-state index contributed by atoms with van der Waals surface area (Å²) in [6.07, 6.45) is 2.41. The van der Waals surface area contributed by atoms with Crippen molar-refractivity contribution in [3.8, 4) is 0 Å². The van der Waals surface area contributed by atoms with Crippen molar-refractivity contribution < 1.29 is 4.39 Å². The minimum absolute atomic E-state index is 0.209. The molecule has 2 atom stereocenters. The van der Waals surface area contributed by atoms with Gasteiger partial charge in [0.1, 0.15) is 5.82 Å². The Labute approximate surface area is 96.3 Å². The van der Waals surface area contributed by atoms with Gasteiger partial charge in [0, 0.05) is 17.7 Å². The average Bonchev–Trinajstić information content (AvgIpc) is 2.26. The lowest BCUT2D eigenvalue weighted by Gasteiger charge is -2.52. The number of pyridine rings is 1. The van der Waals surface area contributed by atoms with Crippen molar-refractivity contribution in [1.82, 2.24) is 10.3 Å². The van der Waals surface area contributed by atoms with Gasteiger partial charge in [-0.25, -0.2) is 4.39 Å². The molecule has 1 N–H and O–H groups in total. The monoisotopic (exact) mass is 222 g/mol. The van der Waals surface area contributed by atoms with Crippen LogP contribution in [0.15, 0.2) is 18.3 Å². The average molecular weight is 222 g/mol. The fourth-order valence-corrected chi connectivity index (χ4v) is 2.61. The first kappa shape index (κ1) is 11.5. The molecule has 1 aliphatic rings. The third kappa shape index (κ3) is 1.84. The fourth-order valence-electron chi connectivity index (χ4n) is 2.61. The van der Waals surface area contributed by atoms with E-state index in [4.69, 9.17) is 0 Å². The molecule has 1 saturated carbocycles. The summed E-state index contributed by atoms with van der Waals surface area (Å²) in [5.74, 6) is 0.182. The zero-order chi connectivity index (χ0) is 11.8. The van der Waals surface area contributed by atoms with E-state index < -0.39 is 0 Å². The molecule has 0 bridgehead atoms. The molecule has 1 aromatic heterocycles. The Kier molecular flexibility index (Phi) is 2.98. The van der Waals surface area contributed by atoms with Crippen LogP contribution >= 0.6 is 0 Å². The van der Waals surface area contributed by atoms with Crippen molar-refractivity contribution in [1.29, 1.82) is 0 Å². The molecule has 0 radical (unpaired) electrons. The zero-order valence-corrected chi connectivity index (χ0v) is 10.1. The highest BCUT2D eigenvalue weighted by Gasteiger charge is 2.48. The molecule has 2 nitrogen and oxygen atoms in total. The van der Waals surface area contributed by atoms with Crippen LogP contribution in [0.3, 0.4) is 0 Å². The van der Waals surface area contributed by atoms with E-state index in [-0.39, 0.29) is 11.2 Å². The van der Waals surface area contributed by atoms with Crippen LogP contribution in [0.2, 0.25) is 0 Å². The molecule has 0 amide bonds. The van der Waals surface area contributed by atoms with Crippen LogP contribution in [0.5, 0.6) is 0 Å². The summed E-state index contributed by atoms with van der Waals surface area (Å²) < 4.78 is 12.8.